The quantitative estimate of drug-likeness (QED) is 0.256. The number of fused-ring (bicyclic) bond motifs is 5. The van der Waals surface area contributed by atoms with Crippen LogP contribution in [0.4, 0.5) is 0 Å². The Balaban J connectivity index is 0.000000769. The van der Waals surface area contributed by atoms with Crippen LogP contribution in [-0.2, 0) is 40.8 Å². The Kier molecular flexibility index (Phi) is 12.6. The Morgan fingerprint density at radius 2 is 1.65 bits per heavy atom. The molecule has 0 aromatic heterocycles. The molecule has 5 rings (SSSR count). The summed E-state index contributed by atoms with van der Waals surface area (Å²) in [4.78, 5) is 0. The zero-order valence-corrected chi connectivity index (χ0v) is 21.7. The van der Waals surface area contributed by atoms with Gasteiger partial charge in [0.15, 0.2) is 0 Å². The molecule has 3 saturated carbocycles. The Bertz CT molecular complexity index is 906. The number of hydrogen-bond donors (Lipinski definition) is 2. The van der Waals surface area contributed by atoms with E-state index in [2.05, 4.69) is 57.6 Å². The van der Waals surface area contributed by atoms with Crippen molar-refractivity contribution in [2.45, 2.75) is 51.0 Å². The van der Waals surface area contributed by atoms with Gasteiger partial charge in [-0.3, -0.25) is 0 Å². The van der Waals surface area contributed by atoms with Crippen LogP contribution in [0.15, 0.2) is 18.2 Å². The van der Waals surface area contributed by atoms with E-state index in [1.165, 1.54) is 11.1 Å². The first-order valence-electron chi connectivity index (χ1n) is 10.9. The first-order chi connectivity index (χ1) is 16.1. The fraction of sp³-hybridized carbons (Fsp3) is 0.429. The molecule has 1 aromatic rings. The van der Waals surface area contributed by atoms with Crippen LogP contribution in [0.1, 0.15) is 49.7 Å². The molecule has 6 atom stereocenters. The third kappa shape index (κ3) is 5.97. The summed E-state index contributed by atoms with van der Waals surface area (Å²) in [5, 5.41) is 20.7. The zero-order valence-electron chi connectivity index (χ0n) is 19.0. The van der Waals surface area contributed by atoms with Crippen LogP contribution in [0.2, 0.25) is 0 Å². The van der Waals surface area contributed by atoms with E-state index in [4.69, 9.17) is 14.0 Å². The van der Waals surface area contributed by atoms with Gasteiger partial charge in [0, 0.05) is 32.3 Å². The standard InChI is InChI=1S/C25H27O2.3CO.Re/c1-25-15-18(7-6-16-4-2-3-5-16)24-20-11-9-19(26)14-17(20)8-10-21(24)22(25)12-13-23(25)27;3*1-2;/h2-5,9,11,14,18,21-24,26-27H,8,10,12-13,15H2,1H3;;;;/t18-,21-,22-,23-,24+,25-;;;;/m0..../s1. The van der Waals surface area contributed by atoms with Gasteiger partial charge < -0.3 is 10.2 Å². The van der Waals surface area contributed by atoms with Gasteiger partial charge in [0.2, 0.25) is 0 Å². The number of aromatic hydroxyl groups is 1. The smallest absolute Gasteiger partial charge is 0 e. The van der Waals surface area contributed by atoms with E-state index in [1.54, 1.807) is 0 Å². The summed E-state index contributed by atoms with van der Waals surface area (Å²) in [6, 6.07) is 5.91. The predicted octanol–water partition coefficient (Wildman–Crippen LogP) is 4.13. The molecule has 3 fully saturated rings. The van der Waals surface area contributed by atoms with Gasteiger partial charge in [0.05, 0.1) is 12.0 Å². The van der Waals surface area contributed by atoms with Crippen molar-refractivity contribution >= 4 is 0 Å². The van der Waals surface area contributed by atoms with E-state index in [0.717, 1.165) is 38.0 Å². The van der Waals surface area contributed by atoms with Crippen molar-refractivity contribution in [1.82, 2.24) is 0 Å². The van der Waals surface area contributed by atoms with Gasteiger partial charge in [-0.15, -0.1) is 0 Å². The van der Waals surface area contributed by atoms with E-state index in [9.17, 15) is 10.2 Å². The number of phenolic OH excluding ortho intramolecular Hbond substituents is 1. The number of aliphatic hydroxyl groups is 1. The van der Waals surface area contributed by atoms with E-state index in [0.29, 0.717) is 23.5 Å². The predicted molar refractivity (Wildman–Crippen MR) is 118 cm³/mol. The van der Waals surface area contributed by atoms with Gasteiger partial charge in [-0.2, -0.15) is 0 Å². The fourth-order valence-electron chi connectivity index (χ4n) is 6.44. The molecule has 6 radical (unpaired) electrons. The zero-order chi connectivity index (χ0) is 24.6. The molecule has 1 aromatic carbocycles. The number of aryl methyl sites for hydroxylation is 1. The van der Waals surface area contributed by atoms with Gasteiger partial charge in [-0.1, -0.05) is 24.8 Å². The number of hydrogen-bond acceptors (Lipinski definition) is 2. The van der Waals surface area contributed by atoms with Crippen LogP contribution >= 0.6 is 0 Å². The van der Waals surface area contributed by atoms with Crippen molar-refractivity contribution < 1.29 is 44.6 Å². The summed E-state index contributed by atoms with van der Waals surface area (Å²) in [5.41, 5.74) is 2.66. The molecule has 0 amide bonds. The van der Waals surface area contributed by atoms with E-state index < -0.39 is 0 Å². The van der Waals surface area contributed by atoms with Crippen molar-refractivity contribution in [2.75, 3.05) is 0 Å². The molecule has 176 valence electrons. The van der Waals surface area contributed by atoms with Gasteiger partial charge in [-0.25, -0.2) is 0 Å². The first-order valence-corrected chi connectivity index (χ1v) is 10.9. The minimum atomic E-state index is -0.201. The summed E-state index contributed by atoms with van der Waals surface area (Å²) in [6.07, 6.45) is 13.2. The molecule has 2 N–H and O–H groups in total. The second-order valence-corrected chi connectivity index (χ2v) is 9.07. The first kappa shape index (κ1) is 30.5. The Morgan fingerprint density at radius 3 is 2.29 bits per heavy atom. The van der Waals surface area contributed by atoms with Crippen molar-refractivity contribution in [3.05, 3.63) is 80.9 Å². The van der Waals surface area contributed by atoms with Gasteiger partial charge in [-0.05, 0) is 98.3 Å². The van der Waals surface area contributed by atoms with Crippen LogP contribution in [-0.4, -0.2) is 16.3 Å². The Labute approximate surface area is 216 Å². The van der Waals surface area contributed by atoms with E-state index in [-0.39, 0.29) is 37.9 Å². The fourth-order valence-corrected chi connectivity index (χ4v) is 6.44. The Morgan fingerprint density at radius 1 is 1.00 bits per heavy atom. The average Bonchev–Trinajstić information content (AvgIpc) is 3.49. The summed E-state index contributed by atoms with van der Waals surface area (Å²) >= 11 is 0. The van der Waals surface area contributed by atoms with Crippen LogP contribution in [0.3, 0.4) is 0 Å². The van der Waals surface area contributed by atoms with Gasteiger partial charge in [0.1, 0.15) is 5.75 Å². The third-order valence-corrected chi connectivity index (χ3v) is 7.73. The van der Waals surface area contributed by atoms with Crippen molar-refractivity contribution in [3.8, 4) is 17.6 Å². The molecule has 5 nitrogen and oxygen atoms in total. The Hall–Kier alpha value is -1.58. The maximum Gasteiger partial charge on any atom is 0 e. The topological polar surface area (TPSA) is 100 Å². The normalized spacial score (nSPS) is 32.4. The summed E-state index contributed by atoms with van der Waals surface area (Å²) in [7, 11) is 0. The average molecular weight is 630 g/mol. The number of benzene rings is 1. The van der Waals surface area contributed by atoms with Crippen molar-refractivity contribution in [2.24, 2.45) is 23.2 Å². The van der Waals surface area contributed by atoms with E-state index >= 15 is 0 Å². The summed E-state index contributed by atoms with van der Waals surface area (Å²) < 4.78 is 22.5. The van der Waals surface area contributed by atoms with Gasteiger partial charge in [0.25, 0.3) is 0 Å². The third-order valence-electron chi connectivity index (χ3n) is 7.73. The molecule has 0 bridgehead atoms. The largest absolute Gasteiger partial charge is 0 e. The molecule has 4 aliphatic carbocycles. The molecular weight excluding hydrogens is 603 g/mol. The molecule has 6 heteroatoms. The van der Waals surface area contributed by atoms with Crippen LogP contribution < -0.4 is 0 Å². The second-order valence-electron chi connectivity index (χ2n) is 9.07. The molecule has 0 spiro atoms. The van der Waals surface area contributed by atoms with Crippen LogP contribution in [0.5, 0.6) is 5.75 Å². The summed E-state index contributed by atoms with van der Waals surface area (Å²) in [5.74, 6) is 10.3. The van der Waals surface area contributed by atoms with Crippen LogP contribution in [0.25, 0.3) is 0 Å². The van der Waals surface area contributed by atoms with Gasteiger partial charge >= 0.3 is 33.9 Å². The minimum absolute atomic E-state index is 0. The van der Waals surface area contributed by atoms with Crippen molar-refractivity contribution in [1.29, 1.82) is 0 Å². The number of aliphatic hydroxyl groups excluding tert-OH is 1. The molecule has 4 aliphatic rings. The minimum Gasteiger partial charge on any atom is 0 e. The maximum absolute atomic E-state index is 10.8. The molecule has 0 aliphatic heterocycles. The molecular formula is C28H27O5Re. The maximum atomic E-state index is 10.8. The van der Waals surface area contributed by atoms with E-state index in [1.807, 2.05) is 25.0 Å². The molecule has 0 unspecified atom stereocenters. The molecule has 0 heterocycles. The number of rotatable bonds is 0. The second kappa shape index (κ2) is 14.1. The SMILES string of the molecule is C[C@]12C[C@H](C#C[C]3[CH][CH][CH][CH]3)[C@@H]3c4ccc(O)cc4CC[C@H]3[C@@H]1CC[C@@H]2O.[C-]#[O+].[C-]#[O+].[C-]#[O+].[Re]. The van der Waals surface area contributed by atoms with Crippen LogP contribution in [0, 0.1) is 86.6 Å². The molecule has 34 heavy (non-hydrogen) atoms. The monoisotopic (exact) mass is 630 g/mol. The van der Waals surface area contributed by atoms with Crippen molar-refractivity contribution in [3.63, 3.8) is 0 Å². The molecule has 0 saturated heterocycles. The number of phenols is 1. The summed E-state index contributed by atoms with van der Waals surface area (Å²) in [6.45, 7) is 15.8.